The van der Waals surface area contributed by atoms with Gasteiger partial charge in [-0.25, -0.2) is 9.18 Å². The lowest BCUT2D eigenvalue weighted by atomic mass is 9.84. The zero-order chi connectivity index (χ0) is 17.0. The Bertz CT molecular complexity index is 702. The molecule has 122 valence electrons. The molecule has 2 aromatic carbocycles. The molecule has 0 saturated carbocycles. The van der Waals surface area contributed by atoms with Crippen LogP contribution < -0.4 is 10.6 Å². The molecule has 0 aromatic heterocycles. The second-order valence-corrected chi connectivity index (χ2v) is 6.58. The van der Waals surface area contributed by atoms with Gasteiger partial charge in [0.15, 0.2) is 0 Å². The predicted molar refractivity (Wildman–Crippen MR) is 92.9 cm³/mol. The van der Waals surface area contributed by atoms with Crippen LogP contribution in [0.3, 0.4) is 0 Å². The van der Waals surface area contributed by atoms with Crippen molar-refractivity contribution in [3.8, 4) is 0 Å². The molecule has 0 aliphatic heterocycles. The molecule has 0 unspecified atom stereocenters. The Labute approximate surface area is 144 Å². The van der Waals surface area contributed by atoms with Gasteiger partial charge in [0.25, 0.3) is 0 Å². The Morgan fingerprint density at radius 3 is 2.43 bits per heavy atom. The quantitative estimate of drug-likeness (QED) is 0.775. The molecule has 0 radical (unpaired) electrons. The van der Waals surface area contributed by atoms with Gasteiger partial charge in [0.1, 0.15) is 5.82 Å². The number of halogens is 3. The van der Waals surface area contributed by atoms with E-state index in [1.165, 1.54) is 12.1 Å². The van der Waals surface area contributed by atoms with E-state index in [-0.39, 0.29) is 17.3 Å². The van der Waals surface area contributed by atoms with Crippen LogP contribution in [-0.4, -0.2) is 12.6 Å². The van der Waals surface area contributed by atoms with Gasteiger partial charge in [-0.3, -0.25) is 0 Å². The standard InChI is InChI=1S/C17H17Cl2FN2O/c1-17(2,11-6-8-12(20)9-7-11)10-21-16(23)22-14-5-3-4-13(18)15(14)19/h3-9H,10H2,1-2H3,(H2,21,22,23). The minimum absolute atomic E-state index is 0.286. The molecular formula is C17H17Cl2FN2O. The highest BCUT2D eigenvalue weighted by molar-refractivity contribution is 6.43. The van der Waals surface area contributed by atoms with Crippen LogP contribution in [0, 0.1) is 5.82 Å². The first kappa shape index (κ1) is 17.6. The summed E-state index contributed by atoms with van der Waals surface area (Å²) in [7, 11) is 0. The van der Waals surface area contributed by atoms with Crippen LogP contribution in [0.15, 0.2) is 42.5 Å². The molecule has 3 nitrogen and oxygen atoms in total. The van der Waals surface area contributed by atoms with Crippen molar-refractivity contribution >= 4 is 34.9 Å². The van der Waals surface area contributed by atoms with E-state index in [4.69, 9.17) is 23.2 Å². The van der Waals surface area contributed by atoms with Crippen LogP contribution in [0.2, 0.25) is 10.0 Å². The minimum Gasteiger partial charge on any atom is -0.337 e. The van der Waals surface area contributed by atoms with Crippen LogP contribution in [0.1, 0.15) is 19.4 Å². The summed E-state index contributed by atoms with van der Waals surface area (Å²) in [4.78, 5) is 12.0. The van der Waals surface area contributed by atoms with Crippen LogP contribution in [0.25, 0.3) is 0 Å². The summed E-state index contributed by atoms with van der Waals surface area (Å²) in [5.41, 5.74) is 1.03. The van der Waals surface area contributed by atoms with Gasteiger partial charge in [-0.2, -0.15) is 0 Å². The predicted octanol–water partition coefficient (Wildman–Crippen LogP) is 5.23. The van der Waals surface area contributed by atoms with Gasteiger partial charge >= 0.3 is 6.03 Å². The number of benzene rings is 2. The minimum atomic E-state index is -0.385. The maximum Gasteiger partial charge on any atom is 0.319 e. The molecule has 2 N–H and O–H groups in total. The molecule has 0 atom stereocenters. The number of nitrogens with one attached hydrogen (secondary N) is 2. The van der Waals surface area contributed by atoms with Crippen molar-refractivity contribution in [2.24, 2.45) is 0 Å². The summed E-state index contributed by atoms with van der Waals surface area (Å²) in [6.07, 6.45) is 0. The third-order valence-corrected chi connectivity index (χ3v) is 4.34. The van der Waals surface area contributed by atoms with E-state index in [9.17, 15) is 9.18 Å². The lowest BCUT2D eigenvalue weighted by Gasteiger charge is -2.25. The fourth-order valence-corrected chi connectivity index (χ4v) is 2.42. The van der Waals surface area contributed by atoms with Gasteiger partial charge in [-0.15, -0.1) is 0 Å². The Balaban J connectivity index is 1.98. The SMILES string of the molecule is CC(C)(CNC(=O)Nc1cccc(Cl)c1Cl)c1ccc(F)cc1. The smallest absolute Gasteiger partial charge is 0.319 e. The highest BCUT2D eigenvalue weighted by Crippen LogP contribution is 2.29. The van der Waals surface area contributed by atoms with Crippen LogP contribution >= 0.6 is 23.2 Å². The summed E-state index contributed by atoms with van der Waals surface area (Å²) in [5.74, 6) is -0.286. The van der Waals surface area contributed by atoms with E-state index in [2.05, 4.69) is 10.6 Å². The fourth-order valence-electron chi connectivity index (χ4n) is 2.07. The van der Waals surface area contributed by atoms with Crippen molar-refractivity contribution < 1.29 is 9.18 Å². The molecule has 0 heterocycles. The van der Waals surface area contributed by atoms with E-state index in [0.717, 1.165) is 5.56 Å². The third kappa shape index (κ3) is 4.60. The van der Waals surface area contributed by atoms with Gasteiger partial charge in [0.05, 0.1) is 15.7 Å². The molecule has 2 aromatic rings. The summed E-state index contributed by atoms with van der Waals surface area (Å²) >= 11 is 11.9. The van der Waals surface area contributed by atoms with Gasteiger partial charge in [0.2, 0.25) is 0 Å². The second-order valence-electron chi connectivity index (χ2n) is 5.80. The summed E-state index contributed by atoms with van der Waals surface area (Å²) in [6.45, 7) is 4.31. The number of hydrogen-bond acceptors (Lipinski definition) is 1. The normalized spacial score (nSPS) is 11.2. The van der Waals surface area contributed by atoms with E-state index < -0.39 is 0 Å². The number of hydrogen-bond donors (Lipinski definition) is 2. The van der Waals surface area contributed by atoms with Crippen LogP contribution in [-0.2, 0) is 5.41 Å². The maximum atomic E-state index is 13.0. The zero-order valence-corrected chi connectivity index (χ0v) is 14.3. The number of amides is 2. The topological polar surface area (TPSA) is 41.1 Å². The summed E-state index contributed by atoms with van der Waals surface area (Å²) < 4.78 is 13.0. The maximum absolute atomic E-state index is 13.0. The Morgan fingerprint density at radius 1 is 1.13 bits per heavy atom. The lowest BCUT2D eigenvalue weighted by molar-refractivity contribution is 0.249. The molecule has 0 bridgehead atoms. The Hall–Kier alpha value is -1.78. The molecule has 2 rings (SSSR count). The van der Waals surface area contributed by atoms with Crippen molar-refractivity contribution in [1.82, 2.24) is 5.32 Å². The van der Waals surface area contributed by atoms with Crippen LogP contribution in [0.4, 0.5) is 14.9 Å². The van der Waals surface area contributed by atoms with Gasteiger partial charge in [-0.05, 0) is 29.8 Å². The average molecular weight is 355 g/mol. The fraction of sp³-hybridized carbons (Fsp3) is 0.235. The molecular weight excluding hydrogens is 338 g/mol. The molecule has 0 aliphatic rings. The first-order valence-corrected chi connectivity index (χ1v) is 7.80. The monoisotopic (exact) mass is 354 g/mol. The molecule has 23 heavy (non-hydrogen) atoms. The van der Waals surface area contributed by atoms with E-state index >= 15 is 0 Å². The van der Waals surface area contributed by atoms with Crippen LogP contribution in [0.5, 0.6) is 0 Å². The first-order valence-electron chi connectivity index (χ1n) is 7.04. The number of rotatable bonds is 4. The Kier molecular flexibility index (Phi) is 5.50. The van der Waals surface area contributed by atoms with Crippen molar-refractivity contribution in [3.63, 3.8) is 0 Å². The van der Waals surface area contributed by atoms with Gasteiger partial charge in [-0.1, -0.05) is 55.2 Å². The van der Waals surface area contributed by atoms with Crippen molar-refractivity contribution in [1.29, 1.82) is 0 Å². The molecule has 2 amide bonds. The van der Waals surface area contributed by atoms with Crippen molar-refractivity contribution in [3.05, 3.63) is 63.9 Å². The van der Waals surface area contributed by atoms with Crippen molar-refractivity contribution in [2.75, 3.05) is 11.9 Å². The largest absolute Gasteiger partial charge is 0.337 e. The first-order chi connectivity index (χ1) is 10.8. The number of urea groups is 1. The molecule has 0 saturated heterocycles. The third-order valence-electron chi connectivity index (χ3n) is 3.52. The number of carbonyl (C=O) groups excluding carboxylic acids is 1. The lowest BCUT2D eigenvalue weighted by Crippen LogP contribution is -2.39. The molecule has 6 heteroatoms. The molecule has 0 aliphatic carbocycles. The zero-order valence-electron chi connectivity index (χ0n) is 12.8. The average Bonchev–Trinajstić information content (AvgIpc) is 2.50. The highest BCUT2D eigenvalue weighted by atomic mass is 35.5. The molecule has 0 spiro atoms. The van der Waals surface area contributed by atoms with Gasteiger partial charge < -0.3 is 10.6 Å². The number of anilines is 1. The molecule has 0 fully saturated rings. The highest BCUT2D eigenvalue weighted by Gasteiger charge is 2.21. The summed E-state index contributed by atoms with van der Waals surface area (Å²) in [6, 6.07) is 10.9. The summed E-state index contributed by atoms with van der Waals surface area (Å²) in [5, 5.41) is 6.11. The number of carbonyl (C=O) groups is 1. The second kappa shape index (κ2) is 7.20. The van der Waals surface area contributed by atoms with Gasteiger partial charge in [0, 0.05) is 12.0 Å². The van der Waals surface area contributed by atoms with E-state index in [1.54, 1.807) is 30.3 Å². The van der Waals surface area contributed by atoms with Crippen molar-refractivity contribution in [2.45, 2.75) is 19.3 Å². The van der Waals surface area contributed by atoms with E-state index in [0.29, 0.717) is 22.3 Å². The Morgan fingerprint density at radius 2 is 1.78 bits per heavy atom. The van der Waals surface area contributed by atoms with E-state index in [1.807, 2.05) is 13.8 Å².